The van der Waals surface area contributed by atoms with Crippen molar-refractivity contribution < 1.29 is 4.21 Å². The Kier molecular flexibility index (Phi) is 4.98. The van der Waals surface area contributed by atoms with Crippen LogP contribution in [0.5, 0.6) is 0 Å². The molecule has 3 rings (SSSR count). The van der Waals surface area contributed by atoms with E-state index in [1.165, 1.54) is 10.1 Å². The molecule has 0 fully saturated rings. The van der Waals surface area contributed by atoms with Crippen molar-refractivity contribution in [3.05, 3.63) is 45.9 Å². The van der Waals surface area contributed by atoms with E-state index in [9.17, 15) is 9.00 Å². The number of aromatic amines is 1. The van der Waals surface area contributed by atoms with Gasteiger partial charge in [0.15, 0.2) is 11.5 Å². The first-order valence-electron chi connectivity index (χ1n) is 8.19. The Labute approximate surface area is 147 Å². The zero-order valence-electron chi connectivity index (χ0n) is 14.3. The van der Waals surface area contributed by atoms with Crippen molar-refractivity contribution in [2.24, 2.45) is 0 Å². The van der Waals surface area contributed by atoms with Gasteiger partial charge in [0.05, 0.1) is 10.8 Å². The molecule has 0 amide bonds. The molecule has 7 nitrogen and oxygen atoms in total. The summed E-state index contributed by atoms with van der Waals surface area (Å²) in [5.74, 6) is 0.610. The second-order valence-electron chi connectivity index (χ2n) is 5.96. The van der Waals surface area contributed by atoms with Crippen LogP contribution < -0.4 is 11.4 Å². The summed E-state index contributed by atoms with van der Waals surface area (Å²) in [6.07, 6.45) is 1.44. The van der Waals surface area contributed by atoms with Gasteiger partial charge in [0.1, 0.15) is 5.52 Å². The van der Waals surface area contributed by atoms with Gasteiger partial charge >= 0.3 is 5.69 Å². The number of benzene rings is 1. The molecule has 1 atom stereocenters. The predicted octanol–water partition coefficient (Wildman–Crippen LogP) is 1.77. The summed E-state index contributed by atoms with van der Waals surface area (Å²) < 4.78 is 13.7. The number of hydrogen-bond acceptors (Lipinski definition) is 5. The maximum atomic E-state index is 12.3. The molecule has 8 heteroatoms. The molecule has 2 heterocycles. The minimum atomic E-state index is -1.32. The van der Waals surface area contributed by atoms with Crippen molar-refractivity contribution in [1.29, 1.82) is 0 Å². The molecule has 0 radical (unpaired) electrons. The van der Waals surface area contributed by atoms with Crippen molar-refractivity contribution >= 4 is 27.8 Å². The summed E-state index contributed by atoms with van der Waals surface area (Å²) in [6, 6.07) is 8.17. The van der Waals surface area contributed by atoms with Crippen molar-refractivity contribution in [2.75, 3.05) is 11.5 Å². The van der Waals surface area contributed by atoms with Crippen LogP contribution >= 0.6 is 0 Å². The lowest BCUT2D eigenvalue weighted by atomic mass is 10.1. The lowest BCUT2D eigenvalue weighted by molar-refractivity contribution is 0.669. The largest absolute Gasteiger partial charge is 0.382 e. The lowest BCUT2D eigenvalue weighted by Gasteiger charge is -2.06. The zero-order valence-corrected chi connectivity index (χ0v) is 15.1. The number of aromatic nitrogens is 4. The molecular formula is C17H21N5O2S. The van der Waals surface area contributed by atoms with Gasteiger partial charge in [-0.15, -0.1) is 0 Å². The van der Waals surface area contributed by atoms with Gasteiger partial charge in [-0.1, -0.05) is 36.8 Å². The van der Waals surface area contributed by atoms with Crippen molar-refractivity contribution in [3.8, 4) is 0 Å². The molecule has 2 aromatic heterocycles. The molecule has 132 valence electrons. The fraction of sp³-hybridized carbons (Fsp3) is 0.353. The number of nitrogens with one attached hydrogen (secondary N) is 1. The number of H-pyrrole nitrogens is 1. The Hall–Kier alpha value is -2.48. The Morgan fingerprint density at radius 1 is 1.24 bits per heavy atom. The van der Waals surface area contributed by atoms with Crippen LogP contribution in [0.2, 0.25) is 0 Å². The molecule has 0 saturated heterocycles. The number of aryl methyl sites for hydroxylation is 3. The van der Waals surface area contributed by atoms with Gasteiger partial charge in [0.2, 0.25) is 5.16 Å². The summed E-state index contributed by atoms with van der Waals surface area (Å²) in [7, 11) is -1.32. The van der Waals surface area contributed by atoms with E-state index < -0.39 is 10.8 Å². The second kappa shape index (κ2) is 7.18. The second-order valence-corrected chi connectivity index (χ2v) is 7.42. The number of anilines is 1. The van der Waals surface area contributed by atoms with E-state index in [1.807, 2.05) is 38.1 Å². The van der Waals surface area contributed by atoms with Crippen LogP contribution in [-0.4, -0.2) is 29.5 Å². The molecule has 1 aromatic carbocycles. The molecule has 0 aliphatic carbocycles. The first-order chi connectivity index (χ1) is 12.0. The van der Waals surface area contributed by atoms with Gasteiger partial charge in [-0.05, 0) is 25.3 Å². The van der Waals surface area contributed by atoms with Gasteiger partial charge < -0.3 is 10.7 Å². The Morgan fingerprint density at radius 2 is 1.96 bits per heavy atom. The average molecular weight is 359 g/mol. The van der Waals surface area contributed by atoms with Crippen molar-refractivity contribution in [2.45, 2.75) is 38.4 Å². The standard InChI is InChI=1S/C17H21N5O2S/c1-3-10-25(24)16-20-14(18)13-15(21-16)22(17(23)19-13)9-8-12-6-4-11(2)5-7-12/h4-7H,3,8-10H2,1-2H3,(H,19,23)(H2,18,20,21). The third kappa shape index (κ3) is 3.63. The number of nitrogen functional groups attached to an aromatic ring is 1. The molecule has 0 saturated carbocycles. The smallest absolute Gasteiger partial charge is 0.327 e. The average Bonchev–Trinajstić information content (AvgIpc) is 2.91. The molecule has 0 aliphatic heterocycles. The normalized spacial score (nSPS) is 12.6. The fourth-order valence-corrected chi connectivity index (χ4v) is 3.55. The predicted molar refractivity (Wildman–Crippen MR) is 99.0 cm³/mol. The third-order valence-corrected chi connectivity index (χ3v) is 5.34. The van der Waals surface area contributed by atoms with E-state index in [4.69, 9.17) is 5.73 Å². The zero-order chi connectivity index (χ0) is 18.0. The highest BCUT2D eigenvalue weighted by Crippen LogP contribution is 2.16. The van der Waals surface area contributed by atoms with Crippen LogP contribution in [-0.2, 0) is 23.8 Å². The SMILES string of the molecule is CCCS(=O)c1nc(N)c2[nH]c(=O)n(CCc3ccc(C)cc3)c2n1. The van der Waals surface area contributed by atoms with E-state index in [0.717, 1.165) is 12.0 Å². The Bertz CT molecular complexity index is 975. The summed E-state index contributed by atoms with van der Waals surface area (Å²) in [5.41, 5.74) is 8.76. The molecule has 0 spiro atoms. The summed E-state index contributed by atoms with van der Waals surface area (Å²) in [4.78, 5) is 23.4. The van der Waals surface area contributed by atoms with E-state index >= 15 is 0 Å². The van der Waals surface area contributed by atoms with Crippen LogP contribution in [0.3, 0.4) is 0 Å². The molecule has 3 aromatic rings. The third-order valence-electron chi connectivity index (χ3n) is 3.97. The lowest BCUT2D eigenvalue weighted by Crippen LogP contribution is -2.18. The quantitative estimate of drug-likeness (QED) is 0.652. The van der Waals surface area contributed by atoms with Crippen LogP contribution in [0.15, 0.2) is 34.2 Å². The minimum absolute atomic E-state index is 0.149. The molecule has 25 heavy (non-hydrogen) atoms. The molecule has 3 N–H and O–H groups in total. The monoisotopic (exact) mass is 359 g/mol. The van der Waals surface area contributed by atoms with Gasteiger partial charge in [0, 0.05) is 12.3 Å². The van der Waals surface area contributed by atoms with E-state index in [0.29, 0.717) is 29.9 Å². The number of fused-ring (bicyclic) bond motifs is 1. The molecule has 0 bridgehead atoms. The first-order valence-corrected chi connectivity index (χ1v) is 9.51. The van der Waals surface area contributed by atoms with Crippen LogP contribution in [0.25, 0.3) is 11.2 Å². The van der Waals surface area contributed by atoms with E-state index in [-0.39, 0.29) is 16.7 Å². The molecule has 0 aliphatic rings. The van der Waals surface area contributed by atoms with Gasteiger partial charge in [-0.25, -0.2) is 14.8 Å². The first kappa shape index (κ1) is 17.3. The fourth-order valence-electron chi connectivity index (χ4n) is 2.61. The van der Waals surface area contributed by atoms with Crippen LogP contribution in [0.1, 0.15) is 24.5 Å². The van der Waals surface area contributed by atoms with E-state index in [1.54, 1.807) is 0 Å². The highest BCUT2D eigenvalue weighted by atomic mass is 32.2. The molecular weight excluding hydrogens is 338 g/mol. The van der Waals surface area contributed by atoms with Crippen molar-refractivity contribution in [1.82, 2.24) is 19.5 Å². The highest BCUT2D eigenvalue weighted by Gasteiger charge is 2.16. The minimum Gasteiger partial charge on any atom is -0.382 e. The topological polar surface area (TPSA) is 107 Å². The highest BCUT2D eigenvalue weighted by molar-refractivity contribution is 7.84. The van der Waals surface area contributed by atoms with Crippen LogP contribution in [0, 0.1) is 6.92 Å². The van der Waals surface area contributed by atoms with Gasteiger partial charge in [-0.2, -0.15) is 0 Å². The van der Waals surface area contributed by atoms with Gasteiger partial charge in [-0.3, -0.25) is 8.78 Å². The van der Waals surface area contributed by atoms with Crippen molar-refractivity contribution in [3.63, 3.8) is 0 Å². The van der Waals surface area contributed by atoms with E-state index in [2.05, 4.69) is 15.0 Å². The number of imidazole rings is 1. The number of nitrogens with two attached hydrogens (primary N) is 1. The number of nitrogens with zero attached hydrogens (tertiary/aromatic N) is 3. The molecule has 1 unspecified atom stereocenters. The summed E-state index contributed by atoms with van der Waals surface area (Å²) >= 11 is 0. The Morgan fingerprint density at radius 3 is 2.64 bits per heavy atom. The Balaban J connectivity index is 1.96. The maximum absolute atomic E-state index is 12.3. The van der Waals surface area contributed by atoms with Gasteiger partial charge in [0.25, 0.3) is 0 Å². The number of hydrogen-bond donors (Lipinski definition) is 2. The number of rotatable bonds is 6. The summed E-state index contributed by atoms with van der Waals surface area (Å²) in [5, 5.41) is 0.176. The maximum Gasteiger partial charge on any atom is 0.327 e. The van der Waals surface area contributed by atoms with Crippen LogP contribution in [0.4, 0.5) is 5.82 Å². The summed E-state index contributed by atoms with van der Waals surface area (Å²) in [6.45, 7) is 4.43.